The molecule has 0 aliphatic heterocycles. The van der Waals surface area contributed by atoms with Crippen molar-refractivity contribution in [3.63, 3.8) is 0 Å². The van der Waals surface area contributed by atoms with Crippen LogP contribution in [0.2, 0.25) is 0 Å². The second-order valence-corrected chi connectivity index (χ2v) is 4.31. The van der Waals surface area contributed by atoms with Gasteiger partial charge in [0, 0.05) is 25.3 Å². The van der Waals surface area contributed by atoms with Crippen LogP contribution in [0.5, 0.6) is 0 Å². The molecule has 0 fully saturated rings. The van der Waals surface area contributed by atoms with Gasteiger partial charge in [0.15, 0.2) is 0 Å². The van der Waals surface area contributed by atoms with Crippen LogP contribution in [0.15, 0.2) is 12.3 Å². The van der Waals surface area contributed by atoms with E-state index in [2.05, 4.69) is 18.9 Å². The summed E-state index contributed by atoms with van der Waals surface area (Å²) in [6.07, 6.45) is 1.85. The van der Waals surface area contributed by atoms with Crippen molar-refractivity contribution in [2.75, 3.05) is 6.61 Å². The highest BCUT2D eigenvalue weighted by atomic mass is 16.5. The Labute approximate surface area is 97.2 Å². The van der Waals surface area contributed by atoms with Crippen LogP contribution in [0.3, 0.4) is 0 Å². The summed E-state index contributed by atoms with van der Waals surface area (Å²) in [7, 11) is 0. The molecule has 92 valence electrons. The maximum atomic E-state index is 9.88. The lowest BCUT2D eigenvalue weighted by atomic mass is 10.1. The largest absolute Gasteiger partial charge is 0.390 e. The van der Waals surface area contributed by atoms with Crippen LogP contribution in [0, 0.1) is 0 Å². The summed E-state index contributed by atoms with van der Waals surface area (Å²) in [5, 5.41) is 14.3. The summed E-state index contributed by atoms with van der Waals surface area (Å²) < 4.78 is 7.24. The SMILES string of the molecule is CCOC(C)C(O)Cc1ccn(C(C)C)n1. The predicted molar refractivity (Wildman–Crippen MR) is 63.4 cm³/mol. The average molecular weight is 226 g/mol. The highest BCUT2D eigenvalue weighted by molar-refractivity contribution is 5.01. The van der Waals surface area contributed by atoms with Crippen molar-refractivity contribution in [2.24, 2.45) is 0 Å². The highest BCUT2D eigenvalue weighted by Crippen LogP contribution is 2.09. The van der Waals surface area contributed by atoms with E-state index in [-0.39, 0.29) is 6.10 Å². The summed E-state index contributed by atoms with van der Waals surface area (Å²) in [5.74, 6) is 0. The number of hydrogen-bond acceptors (Lipinski definition) is 3. The lowest BCUT2D eigenvalue weighted by Gasteiger charge is -2.17. The minimum atomic E-state index is -0.490. The second kappa shape index (κ2) is 6.01. The molecular weight excluding hydrogens is 204 g/mol. The fraction of sp³-hybridized carbons (Fsp3) is 0.750. The lowest BCUT2D eigenvalue weighted by molar-refractivity contribution is -0.0212. The zero-order chi connectivity index (χ0) is 12.1. The molecule has 16 heavy (non-hydrogen) atoms. The van der Waals surface area contributed by atoms with E-state index >= 15 is 0 Å². The van der Waals surface area contributed by atoms with Gasteiger partial charge < -0.3 is 9.84 Å². The molecule has 1 aromatic heterocycles. The summed E-state index contributed by atoms with van der Waals surface area (Å²) in [4.78, 5) is 0. The first kappa shape index (κ1) is 13.2. The molecule has 1 N–H and O–H groups in total. The third-order valence-corrected chi connectivity index (χ3v) is 2.58. The van der Waals surface area contributed by atoms with Crippen LogP contribution >= 0.6 is 0 Å². The topological polar surface area (TPSA) is 47.3 Å². The predicted octanol–water partition coefficient (Wildman–Crippen LogP) is 1.79. The fourth-order valence-corrected chi connectivity index (χ4v) is 1.53. The Balaban J connectivity index is 2.52. The molecule has 0 aliphatic rings. The molecular formula is C12H22N2O2. The van der Waals surface area contributed by atoms with Gasteiger partial charge in [-0.1, -0.05) is 0 Å². The van der Waals surface area contributed by atoms with Gasteiger partial charge >= 0.3 is 0 Å². The maximum absolute atomic E-state index is 9.88. The fourth-order valence-electron chi connectivity index (χ4n) is 1.53. The van der Waals surface area contributed by atoms with Gasteiger partial charge in [-0.25, -0.2) is 0 Å². The van der Waals surface area contributed by atoms with E-state index in [1.807, 2.05) is 30.8 Å². The third-order valence-electron chi connectivity index (χ3n) is 2.58. The first-order valence-electron chi connectivity index (χ1n) is 5.88. The summed E-state index contributed by atoms with van der Waals surface area (Å²) in [5.41, 5.74) is 0.910. The number of aromatic nitrogens is 2. The molecule has 0 spiro atoms. The normalized spacial score (nSPS) is 15.4. The Morgan fingerprint density at radius 3 is 2.62 bits per heavy atom. The average Bonchev–Trinajstić information content (AvgIpc) is 2.66. The van der Waals surface area contributed by atoms with Gasteiger partial charge in [-0.2, -0.15) is 5.10 Å². The summed E-state index contributed by atoms with van der Waals surface area (Å²) in [6, 6.07) is 2.30. The zero-order valence-electron chi connectivity index (χ0n) is 10.6. The molecule has 2 atom stereocenters. The van der Waals surface area contributed by atoms with E-state index in [4.69, 9.17) is 4.74 Å². The van der Waals surface area contributed by atoms with E-state index in [1.165, 1.54) is 0 Å². The van der Waals surface area contributed by atoms with Gasteiger partial charge in [0.1, 0.15) is 0 Å². The molecule has 2 unspecified atom stereocenters. The number of ether oxygens (including phenoxy) is 1. The Morgan fingerprint density at radius 1 is 1.44 bits per heavy atom. The molecule has 0 saturated carbocycles. The van der Waals surface area contributed by atoms with E-state index in [0.717, 1.165) is 5.69 Å². The molecule has 0 saturated heterocycles. The van der Waals surface area contributed by atoms with Gasteiger partial charge in [-0.15, -0.1) is 0 Å². The third kappa shape index (κ3) is 3.61. The first-order chi connectivity index (χ1) is 7.54. The van der Waals surface area contributed by atoms with Crippen LogP contribution in [-0.4, -0.2) is 33.7 Å². The van der Waals surface area contributed by atoms with Crippen LogP contribution < -0.4 is 0 Å². The van der Waals surface area contributed by atoms with Crippen molar-refractivity contribution in [1.82, 2.24) is 9.78 Å². The van der Waals surface area contributed by atoms with E-state index in [0.29, 0.717) is 19.1 Å². The van der Waals surface area contributed by atoms with E-state index < -0.39 is 6.10 Å². The maximum Gasteiger partial charge on any atom is 0.0855 e. The number of hydrogen-bond donors (Lipinski definition) is 1. The van der Waals surface area contributed by atoms with Crippen molar-refractivity contribution >= 4 is 0 Å². The summed E-state index contributed by atoms with van der Waals surface area (Å²) >= 11 is 0. The van der Waals surface area contributed by atoms with Crippen LogP contribution in [0.1, 0.15) is 39.4 Å². The quantitative estimate of drug-likeness (QED) is 0.804. The molecule has 4 heteroatoms. The van der Waals surface area contributed by atoms with E-state index in [9.17, 15) is 5.11 Å². The van der Waals surface area contributed by atoms with Gasteiger partial charge in [-0.3, -0.25) is 4.68 Å². The van der Waals surface area contributed by atoms with Crippen molar-refractivity contribution in [3.8, 4) is 0 Å². The minimum Gasteiger partial charge on any atom is -0.390 e. The first-order valence-corrected chi connectivity index (χ1v) is 5.88. The Morgan fingerprint density at radius 2 is 2.12 bits per heavy atom. The van der Waals surface area contributed by atoms with Crippen molar-refractivity contribution in [3.05, 3.63) is 18.0 Å². The number of rotatable bonds is 6. The highest BCUT2D eigenvalue weighted by Gasteiger charge is 2.16. The summed E-state index contributed by atoms with van der Waals surface area (Å²) in [6.45, 7) is 8.59. The molecule has 1 heterocycles. The zero-order valence-corrected chi connectivity index (χ0v) is 10.6. The monoisotopic (exact) mass is 226 g/mol. The smallest absolute Gasteiger partial charge is 0.0855 e. The van der Waals surface area contributed by atoms with Crippen molar-refractivity contribution in [1.29, 1.82) is 0 Å². The lowest BCUT2D eigenvalue weighted by Crippen LogP contribution is -2.28. The Hall–Kier alpha value is -0.870. The second-order valence-electron chi connectivity index (χ2n) is 4.31. The molecule has 0 aliphatic carbocycles. The van der Waals surface area contributed by atoms with Crippen molar-refractivity contribution < 1.29 is 9.84 Å². The molecule has 0 bridgehead atoms. The van der Waals surface area contributed by atoms with Gasteiger partial charge in [0.25, 0.3) is 0 Å². The molecule has 1 aromatic rings. The van der Waals surface area contributed by atoms with Crippen LogP contribution in [0.25, 0.3) is 0 Å². The van der Waals surface area contributed by atoms with E-state index in [1.54, 1.807) is 0 Å². The Bertz CT molecular complexity index is 310. The molecule has 0 radical (unpaired) electrons. The molecule has 0 aromatic carbocycles. The van der Waals surface area contributed by atoms with Crippen LogP contribution in [-0.2, 0) is 11.2 Å². The van der Waals surface area contributed by atoms with Gasteiger partial charge in [0.2, 0.25) is 0 Å². The van der Waals surface area contributed by atoms with Gasteiger partial charge in [-0.05, 0) is 33.8 Å². The molecule has 4 nitrogen and oxygen atoms in total. The number of nitrogens with zero attached hydrogens (tertiary/aromatic N) is 2. The molecule has 0 amide bonds. The number of aliphatic hydroxyl groups is 1. The van der Waals surface area contributed by atoms with Gasteiger partial charge in [0.05, 0.1) is 17.9 Å². The standard InChI is InChI=1S/C12H22N2O2/c1-5-16-10(4)12(15)8-11-6-7-14(13-11)9(2)3/h6-7,9-10,12,15H,5,8H2,1-4H3. The number of aliphatic hydroxyl groups excluding tert-OH is 1. The van der Waals surface area contributed by atoms with Crippen LogP contribution in [0.4, 0.5) is 0 Å². The molecule has 1 rings (SSSR count). The Kier molecular flexibility index (Phi) is 4.96. The van der Waals surface area contributed by atoms with Crippen molar-refractivity contribution in [2.45, 2.75) is 52.4 Å². The minimum absolute atomic E-state index is 0.144.